The number of aliphatic hydroxyl groups excluding tert-OH is 1. The third kappa shape index (κ3) is 4.45. The molecule has 1 aromatic rings. The van der Waals surface area contributed by atoms with E-state index in [-0.39, 0.29) is 18.6 Å². The lowest BCUT2D eigenvalue weighted by Gasteiger charge is -2.23. The molecule has 0 radical (unpaired) electrons. The van der Waals surface area contributed by atoms with Crippen molar-refractivity contribution in [2.45, 2.75) is 31.3 Å². The van der Waals surface area contributed by atoms with Crippen molar-refractivity contribution in [2.24, 2.45) is 0 Å². The van der Waals surface area contributed by atoms with Crippen molar-refractivity contribution in [3.05, 3.63) is 29.8 Å². The number of hydrogen-bond acceptors (Lipinski definition) is 4. The molecule has 1 aliphatic rings. The molecule has 1 amide bonds. The first-order valence-electron chi connectivity index (χ1n) is 8.25. The summed E-state index contributed by atoms with van der Waals surface area (Å²) in [5, 5.41) is 9.54. The maximum atomic E-state index is 12.5. The molecule has 5 nitrogen and oxygen atoms in total. The topological polar surface area (TPSA) is 47.0 Å². The van der Waals surface area contributed by atoms with Crippen LogP contribution in [0.3, 0.4) is 0 Å². The molecular formula is C18H29N3O2. The van der Waals surface area contributed by atoms with Crippen molar-refractivity contribution in [3.8, 4) is 0 Å². The van der Waals surface area contributed by atoms with E-state index in [9.17, 15) is 9.90 Å². The first kappa shape index (κ1) is 17.8. The van der Waals surface area contributed by atoms with Gasteiger partial charge in [-0.05, 0) is 44.6 Å². The number of likely N-dealkylation sites (tertiary alicyclic amines) is 1. The Hall–Kier alpha value is -1.59. The Morgan fingerprint density at radius 3 is 2.39 bits per heavy atom. The predicted molar refractivity (Wildman–Crippen MR) is 93.8 cm³/mol. The van der Waals surface area contributed by atoms with Crippen LogP contribution in [0.1, 0.15) is 18.4 Å². The zero-order valence-corrected chi connectivity index (χ0v) is 14.7. The van der Waals surface area contributed by atoms with Crippen LogP contribution in [0.2, 0.25) is 0 Å². The SMILES string of the molecule is CN(C)c1ccc(CCC(=O)N2C[C@H](N(C)C)C[C@H]2CO)cc1. The molecule has 128 valence electrons. The summed E-state index contributed by atoms with van der Waals surface area (Å²) in [4.78, 5) is 18.6. The summed E-state index contributed by atoms with van der Waals surface area (Å²) in [6, 6.07) is 8.63. The van der Waals surface area contributed by atoms with Crippen molar-refractivity contribution in [3.63, 3.8) is 0 Å². The zero-order chi connectivity index (χ0) is 17.0. The average molecular weight is 319 g/mol. The van der Waals surface area contributed by atoms with Gasteiger partial charge in [-0.3, -0.25) is 4.79 Å². The molecule has 0 spiro atoms. The number of aryl methyl sites for hydroxylation is 1. The fourth-order valence-electron chi connectivity index (χ4n) is 3.10. The molecule has 1 saturated heterocycles. The Kier molecular flexibility index (Phi) is 6.02. The first-order valence-corrected chi connectivity index (χ1v) is 8.25. The Labute approximate surface area is 139 Å². The van der Waals surface area contributed by atoms with Gasteiger partial charge in [0.2, 0.25) is 5.91 Å². The van der Waals surface area contributed by atoms with Crippen LogP contribution in [0.4, 0.5) is 5.69 Å². The Bertz CT molecular complexity index is 514. The molecule has 2 atom stereocenters. The molecule has 0 bridgehead atoms. The smallest absolute Gasteiger partial charge is 0.223 e. The van der Waals surface area contributed by atoms with E-state index in [0.29, 0.717) is 12.5 Å². The van der Waals surface area contributed by atoms with Gasteiger partial charge in [0.05, 0.1) is 12.6 Å². The fourth-order valence-corrected chi connectivity index (χ4v) is 3.10. The highest BCUT2D eigenvalue weighted by atomic mass is 16.3. The Morgan fingerprint density at radius 2 is 1.87 bits per heavy atom. The zero-order valence-electron chi connectivity index (χ0n) is 14.7. The maximum Gasteiger partial charge on any atom is 0.223 e. The molecule has 0 aromatic heterocycles. The van der Waals surface area contributed by atoms with Gasteiger partial charge in [-0.2, -0.15) is 0 Å². The minimum Gasteiger partial charge on any atom is -0.394 e. The van der Waals surface area contributed by atoms with Gasteiger partial charge in [-0.25, -0.2) is 0 Å². The van der Waals surface area contributed by atoms with Crippen LogP contribution in [0.25, 0.3) is 0 Å². The van der Waals surface area contributed by atoms with E-state index < -0.39 is 0 Å². The largest absolute Gasteiger partial charge is 0.394 e. The van der Waals surface area contributed by atoms with Gasteiger partial charge in [0.25, 0.3) is 0 Å². The van der Waals surface area contributed by atoms with Crippen LogP contribution >= 0.6 is 0 Å². The van der Waals surface area contributed by atoms with Crippen molar-refractivity contribution in [1.82, 2.24) is 9.80 Å². The number of nitrogens with zero attached hydrogens (tertiary/aromatic N) is 3. The number of likely N-dealkylation sites (N-methyl/N-ethyl adjacent to an activating group) is 1. The molecule has 2 rings (SSSR count). The Morgan fingerprint density at radius 1 is 1.22 bits per heavy atom. The molecule has 1 fully saturated rings. The van der Waals surface area contributed by atoms with Crippen molar-refractivity contribution >= 4 is 11.6 Å². The van der Waals surface area contributed by atoms with E-state index in [1.807, 2.05) is 33.1 Å². The van der Waals surface area contributed by atoms with Gasteiger partial charge in [0.15, 0.2) is 0 Å². The lowest BCUT2D eigenvalue weighted by molar-refractivity contribution is -0.132. The number of rotatable bonds is 6. The summed E-state index contributed by atoms with van der Waals surface area (Å²) in [7, 11) is 8.09. The summed E-state index contributed by atoms with van der Waals surface area (Å²) in [5.74, 6) is 0.144. The fraction of sp³-hybridized carbons (Fsp3) is 0.611. The molecule has 0 saturated carbocycles. The molecule has 5 heteroatoms. The van der Waals surface area contributed by atoms with Gasteiger partial charge in [-0.15, -0.1) is 0 Å². The highest BCUT2D eigenvalue weighted by Gasteiger charge is 2.35. The van der Waals surface area contributed by atoms with E-state index in [1.165, 1.54) is 5.56 Å². The van der Waals surface area contributed by atoms with Crippen LogP contribution in [-0.4, -0.2) is 74.2 Å². The highest BCUT2D eigenvalue weighted by molar-refractivity contribution is 5.77. The molecule has 1 heterocycles. The molecule has 1 aliphatic heterocycles. The molecule has 1 N–H and O–H groups in total. The molecule has 0 aliphatic carbocycles. The second-order valence-electron chi connectivity index (χ2n) is 6.80. The van der Waals surface area contributed by atoms with E-state index >= 15 is 0 Å². The second kappa shape index (κ2) is 7.79. The van der Waals surface area contributed by atoms with E-state index in [1.54, 1.807) is 0 Å². The van der Waals surface area contributed by atoms with Crippen LogP contribution < -0.4 is 4.90 Å². The van der Waals surface area contributed by atoms with E-state index in [4.69, 9.17) is 0 Å². The average Bonchev–Trinajstić information content (AvgIpc) is 2.97. The van der Waals surface area contributed by atoms with Crippen molar-refractivity contribution in [2.75, 3.05) is 46.2 Å². The highest BCUT2D eigenvalue weighted by Crippen LogP contribution is 2.22. The monoisotopic (exact) mass is 319 g/mol. The molecular weight excluding hydrogens is 290 g/mol. The number of carbonyl (C=O) groups is 1. The minimum atomic E-state index is -0.0361. The van der Waals surface area contributed by atoms with Gasteiger partial charge in [0, 0.05) is 38.8 Å². The van der Waals surface area contributed by atoms with Gasteiger partial charge >= 0.3 is 0 Å². The number of hydrogen-bond donors (Lipinski definition) is 1. The van der Waals surface area contributed by atoms with Gasteiger partial charge in [-0.1, -0.05) is 12.1 Å². The molecule has 23 heavy (non-hydrogen) atoms. The van der Waals surface area contributed by atoms with Crippen LogP contribution in [-0.2, 0) is 11.2 Å². The summed E-state index contributed by atoms with van der Waals surface area (Å²) >= 11 is 0. The summed E-state index contributed by atoms with van der Waals surface area (Å²) in [6.07, 6.45) is 2.10. The Balaban J connectivity index is 1.91. The van der Waals surface area contributed by atoms with Crippen LogP contribution in [0.15, 0.2) is 24.3 Å². The van der Waals surface area contributed by atoms with Gasteiger partial charge < -0.3 is 19.8 Å². The maximum absolute atomic E-state index is 12.5. The third-order valence-corrected chi connectivity index (χ3v) is 4.73. The molecule has 0 unspecified atom stereocenters. The predicted octanol–water partition coefficient (Wildman–Crippen LogP) is 1.21. The van der Waals surface area contributed by atoms with Crippen LogP contribution in [0.5, 0.6) is 0 Å². The number of carbonyl (C=O) groups excluding carboxylic acids is 1. The third-order valence-electron chi connectivity index (χ3n) is 4.73. The summed E-state index contributed by atoms with van der Waals surface area (Å²) in [5.41, 5.74) is 2.33. The second-order valence-corrected chi connectivity index (χ2v) is 6.80. The number of anilines is 1. The lowest BCUT2D eigenvalue weighted by Crippen LogP contribution is -2.39. The van der Waals surface area contributed by atoms with Crippen LogP contribution in [0, 0.1) is 0 Å². The lowest BCUT2D eigenvalue weighted by atomic mass is 10.1. The van der Waals surface area contributed by atoms with E-state index in [0.717, 1.165) is 25.1 Å². The van der Waals surface area contributed by atoms with Crippen molar-refractivity contribution in [1.29, 1.82) is 0 Å². The number of benzene rings is 1. The number of amides is 1. The quantitative estimate of drug-likeness (QED) is 0.856. The van der Waals surface area contributed by atoms with Crippen molar-refractivity contribution < 1.29 is 9.90 Å². The summed E-state index contributed by atoms with van der Waals surface area (Å²) in [6.45, 7) is 0.768. The van der Waals surface area contributed by atoms with E-state index in [2.05, 4.69) is 34.1 Å². The number of aliphatic hydroxyl groups is 1. The standard InChI is InChI=1S/C18H29N3O2/c1-19(2)15-8-5-14(6-9-15)7-10-18(23)21-12-16(20(3)4)11-17(21)13-22/h5-6,8-9,16-17,22H,7,10-13H2,1-4H3/t16-,17+/m1/s1. The minimum absolute atomic E-state index is 0.0361. The van der Waals surface area contributed by atoms with Gasteiger partial charge in [0.1, 0.15) is 0 Å². The molecule has 1 aromatic carbocycles. The first-order chi connectivity index (χ1) is 10.9. The normalized spacial score (nSPS) is 21.0. The summed E-state index contributed by atoms with van der Waals surface area (Å²) < 4.78 is 0.